The lowest BCUT2D eigenvalue weighted by Gasteiger charge is -2.63. The average molecular weight is 281 g/mol. The van der Waals surface area contributed by atoms with E-state index in [4.69, 9.17) is 10.5 Å². The van der Waals surface area contributed by atoms with E-state index in [0.717, 1.165) is 25.5 Å². The van der Waals surface area contributed by atoms with Crippen LogP contribution in [-0.4, -0.2) is 68.3 Å². The van der Waals surface area contributed by atoms with Gasteiger partial charge in [0.25, 0.3) is 0 Å². The van der Waals surface area contributed by atoms with Gasteiger partial charge in [0.1, 0.15) is 0 Å². The molecule has 4 nitrogen and oxygen atoms in total. The number of hydrogen-bond donors (Lipinski definition) is 1. The van der Waals surface area contributed by atoms with Crippen molar-refractivity contribution in [3.8, 4) is 0 Å². The number of nitrogens with two attached hydrogens (primary N) is 1. The zero-order chi connectivity index (χ0) is 14.5. The first-order valence-corrected chi connectivity index (χ1v) is 8.12. The maximum atomic E-state index is 6.84. The van der Waals surface area contributed by atoms with Crippen molar-refractivity contribution in [3.63, 3.8) is 0 Å². The summed E-state index contributed by atoms with van der Waals surface area (Å²) in [6.07, 6.45) is 2.86. The number of likely N-dealkylation sites (tertiary alicyclic amines) is 1. The van der Waals surface area contributed by atoms with Crippen molar-refractivity contribution in [2.24, 2.45) is 23.0 Å². The third kappa shape index (κ3) is 2.12. The van der Waals surface area contributed by atoms with Crippen molar-refractivity contribution in [3.05, 3.63) is 0 Å². The molecule has 0 spiro atoms. The summed E-state index contributed by atoms with van der Waals surface area (Å²) < 4.78 is 5.89. The molecule has 20 heavy (non-hydrogen) atoms. The molecule has 4 unspecified atom stereocenters. The van der Waals surface area contributed by atoms with Crippen molar-refractivity contribution in [1.29, 1.82) is 0 Å². The molecule has 116 valence electrons. The van der Waals surface area contributed by atoms with Crippen molar-refractivity contribution in [2.75, 3.05) is 46.9 Å². The molecule has 0 bridgehead atoms. The number of ether oxygens (including phenoxy) is 1. The van der Waals surface area contributed by atoms with Crippen LogP contribution >= 0.6 is 0 Å². The lowest BCUT2D eigenvalue weighted by Crippen LogP contribution is -2.78. The minimum absolute atomic E-state index is 0.0760. The quantitative estimate of drug-likeness (QED) is 0.835. The fourth-order valence-electron chi connectivity index (χ4n) is 4.92. The maximum absolute atomic E-state index is 6.84. The molecule has 3 fully saturated rings. The first-order chi connectivity index (χ1) is 9.34. The summed E-state index contributed by atoms with van der Waals surface area (Å²) in [7, 11) is 4.46. The SMILES string of the molecule is CN1CCC(CN(C)CC2(N)C3CCOC3C2(C)C)C1. The predicted octanol–water partition coefficient (Wildman–Crippen LogP) is 1.01. The zero-order valence-electron chi connectivity index (χ0n) is 13.6. The molecular formula is C16H31N3O. The Labute approximate surface area is 123 Å². The van der Waals surface area contributed by atoms with Gasteiger partial charge in [0, 0.05) is 43.1 Å². The molecule has 1 aliphatic carbocycles. The summed E-state index contributed by atoms with van der Waals surface area (Å²) >= 11 is 0. The van der Waals surface area contributed by atoms with Gasteiger partial charge in [-0.15, -0.1) is 0 Å². The smallest absolute Gasteiger partial charge is 0.0691 e. The van der Waals surface area contributed by atoms with Crippen molar-refractivity contribution in [1.82, 2.24) is 9.80 Å². The lowest BCUT2D eigenvalue weighted by atomic mass is 9.48. The summed E-state index contributed by atoms with van der Waals surface area (Å²) in [6, 6.07) is 0. The van der Waals surface area contributed by atoms with Gasteiger partial charge < -0.3 is 20.3 Å². The fourth-order valence-corrected chi connectivity index (χ4v) is 4.92. The molecule has 0 radical (unpaired) electrons. The van der Waals surface area contributed by atoms with Crippen LogP contribution < -0.4 is 5.73 Å². The summed E-state index contributed by atoms with van der Waals surface area (Å²) in [5, 5.41) is 0. The Morgan fingerprint density at radius 1 is 1.35 bits per heavy atom. The van der Waals surface area contributed by atoms with Crippen LogP contribution in [0.2, 0.25) is 0 Å². The molecule has 1 saturated carbocycles. The molecule has 4 heteroatoms. The summed E-state index contributed by atoms with van der Waals surface area (Å²) in [6.45, 7) is 10.1. The number of likely N-dealkylation sites (N-methyl/N-ethyl adjacent to an activating group) is 1. The Morgan fingerprint density at radius 2 is 2.10 bits per heavy atom. The standard InChI is InChI=1S/C16H31N3O/c1-15(2)14-13(6-8-20-14)16(15,17)11-19(4)10-12-5-7-18(3)9-12/h12-14H,5-11,17H2,1-4H3. The molecule has 4 atom stereocenters. The van der Waals surface area contributed by atoms with Gasteiger partial charge >= 0.3 is 0 Å². The Bertz CT molecular complexity index is 373. The summed E-state index contributed by atoms with van der Waals surface area (Å²) in [4.78, 5) is 4.91. The van der Waals surface area contributed by atoms with Crippen LogP contribution in [0.4, 0.5) is 0 Å². The highest BCUT2D eigenvalue weighted by Crippen LogP contribution is 2.58. The number of rotatable bonds is 4. The van der Waals surface area contributed by atoms with Crippen LogP contribution in [-0.2, 0) is 4.74 Å². The Morgan fingerprint density at radius 3 is 2.75 bits per heavy atom. The van der Waals surface area contributed by atoms with Gasteiger partial charge in [-0.1, -0.05) is 13.8 Å². The molecule has 3 aliphatic rings. The maximum Gasteiger partial charge on any atom is 0.0691 e. The van der Waals surface area contributed by atoms with Crippen molar-refractivity contribution in [2.45, 2.75) is 38.3 Å². The molecule has 0 amide bonds. The number of hydrogen-bond acceptors (Lipinski definition) is 4. The second kappa shape index (κ2) is 4.94. The van der Waals surface area contributed by atoms with E-state index in [1.807, 2.05) is 0 Å². The van der Waals surface area contributed by atoms with E-state index >= 15 is 0 Å². The van der Waals surface area contributed by atoms with Crippen LogP contribution in [0, 0.1) is 17.3 Å². The Kier molecular flexibility index (Phi) is 3.65. The van der Waals surface area contributed by atoms with Gasteiger partial charge in [-0.2, -0.15) is 0 Å². The average Bonchev–Trinajstić information content (AvgIpc) is 2.97. The highest BCUT2D eigenvalue weighted by atomic mass is 16.5. The van der Waals surface area contributed by atoms with E-state index in [1.54, 1.807) is 0 Å². The van der Waals surface area contributed by atoms with Gasteiger partial charge in [0.2, 0.25) is 0 Å². The van der Waals surface area contributed by atoms with E-state index in [1.165, 1.54) is 26.1 Å². The molecular weight excluding hydrogens is 250 g/mol. The number of nitrogens with zero attached hydrogens (tertiary/aromatic N) is 2. The van der Waals surface area contributed by atoms with Gasteiger partial charge in [-0.05, 0) is 39.4 Å². The van der Waals surface area contributed by atoms with E-state index < -0.39 is 0 Å². The first kappa shape index (κ1) is 14.8. The Hall–Kier alpha value is -0.160. The second-order valence-corrected chi connectivity index (χ2v) is 8.06. The van der Waals surface area contributed by atoms with E-state index in [9.17, 15) is 0 Å². The van der Waals surface area contributed by atoms with Gasteiger partial charge in [-0.3, -0.25) is 0 Å². The first-order valence-electron chi connectivity index (χ1n) is 8.12. The molecule has 0 aromatic carbocycles. The molecule has 2 N–H and O–H groups in total. The molecule has 0 aromatic rings. The fraction of sp³-hybridized carbons (Fsp3) is 1.00. The van der Waals surface area contributed by atoms with E-state index in [-0.39, 0.29) is 11.0 Å². The molecule has 3 rings (SSSR count). The molecule has 0 aromatic heterocycles. The highest BCUT2D eigenvalue weighted by Gasteiger charge is 2.67. The topological polar surface area (TPSA) is 41.7 Å². The highest BCUT2D eigenvalue weighted by molar-refractivity contribution is 5.21. The van der Waals surface area contributed by atoms with Crippen LogP contribution in [0.1, 0.15) is 26.7 Å². The van der Waals surface area contributed by atoms with E-state index in [0.29, 0.717) is 12.0 Å². The van der Waals surface area contributed by atoms with Crippen LogP contribution in [0.3, 0.4) is 0 Å². The third-order valence-corrected chi connectivity index (χ3v) is 6.25. The Balaban J connectivity index is 1.59. The van der Waals surface area contributed by atoms with Gasteiger partial charge in [-0.25, -0.2) is 0 Å². The minimum atomic E-state index is -0.0760. The monoisotopic (exact) mass is 281 g/mol. The van der Waals surface area contributed by atoms with Gasteiger partial charge in [0.05, 0.1) is 6.10 Å². The summed E-state index contributed by atoms with van der Waals surface area (Å²) in [5.41, 5.74) is 6.87. The lowest BCUT2D eigenvalue weighted by molar-refractivity contribution is -0.162. The minimum Gasteiger partial charge on any atom is -0.377 e. The van der Waals surface area contributed by atoms with Crippen LogP contribution in [0.5, 0.6) is 0 Å². The third-order valence-electron chi connectivity index (χ3n) is 6.25. The van der Waals surface area contributed by atoms with Crippen molar-refractivity contribution < 1.29 is 4.74 Å². The molecule has 2 heterocycles. The van der Waals surface area contributed by atoms with E-state index in [2.05, 4.69) is 37.7 Å². The number of fused-ring (bicyclic) bond motifs is 1. The van der Waals surface area contributed by atoms with Crippen molar-refractivity contribution >= 4 is 0 Å². The molecule has 2 aliphatic heterocycles. The van der Waals surface area contributed by atoms with Crippen LogP contribution in [0.15, 0.2) is 0 Å². The van der Waals surface area contributed by atoms with Crippen LogP contribution in [0.25, 0.3) is 0 Å². The normalized spacial score (nSPS) is 43.8. The second-order valence-electron chi connectivity index (χ2n) is 8.06. The largest absolute Gasteiger partial charge is 0.377 e. The zero-order valence-corrected chi connectivity index (χ0v) is 13.6. The predicted molar refractivity (Wildman–Crippen MR) is 81.6 cm³/mol. The summed E-state index contributed by atoms with van der Waals surface area (Å²) in [5.74, 6) is 1.37. The molecule has 2 saturated heterocycles. The van der Waals surface area contributed by atoms with Gasteiger partial charge in [0.15, 0.2) is 0 Å².